The smallest absolute Gasteiger partial charge is 0.0868 e. The lowest BCUT2D eigenvalue weighted by Crippen LogP contribution is -2.17. The van der Waals surface area contributed by atoms with Gasteiger partial charge in [0.05, 0.1) is 46.2 Å². The van der Waals surface area contributed by atoms with Gasteiger partial charge in [0, 0.05) is 77.4 Å². The maximum absolute atomic E-state index is 4.95. The van der Waals surface area contributed by atoms with Crippen molar-refractivity contribution in [1.29, 1.82) is 0 Å². The van der Waals surface area contributed by atoms with Gasteiger partial charge in [-0.15, -0.1) is 0 Å². The number of dihydropyridines is 2. The van der Waals surface area contributed by atoms with Crippen LogP contribution in [0.15, 0.2) is 219 Å². The largest absolute Gasteiger partial charge is 0.379 e. The van der Waals surface area contributed by atoms with Gasteiger partial charge >= 0.3 is 0 Å². The third-order valence-electron chi connectivity index (χ3n) is 12.5. The molecule has 2 unspecified atom stereocenters. The van der Waals surface area contributed by atoms with E-state index in [1.54, 1.807) is 12.4 Å². The predicted molar refractivity (Wildman–Crippen MR) is 266 cm³/mol. The third kappa shape index (κ3) is 7.36. The van der Waals surface area contributed by atoms with Gasteiger partial charge in [0.15, 0.2) is 0 Å². The highest BCUT2D eigenvalue weighted by Gasteiger charge is 2.17. The van der Waals surface area contributed by atoms with Gasteiger partial charge in [-0.05, 0) is 128 Å². The minimum atomic E-state index is -0.0483. The van der Waals surface area contributed by atoms with Crippen molar-refractivity contribution in [3.63, 3.8) is 0 Å². The van der Waals surface area contributed by atoms with Crippen LogP contribution in [0.3, 0.4) is 0 Å². The second-order valence-electron chi connectivity index (χ2n) is 16.5. The molecular formula is C58H40N8. The van der Waals surface area contributed by atoms with E-state index in [4.69, 9.17) is 19.9 Å². The Morgan fingerprint density at radius 1 is 0.318 bits per heavy atom. The van der Waals surface area contributed by atoms with Gasteiger partial charge in [-0.1, -0.05) is 91.0 Å². The first kappa shape index (κ1) is 38.8. The Kier molecular flexibility index (Phi) is 9.79. The van der Waals surface area contributed by atoms with Crippen molar-refractivity contribution in [2.75, 3.05) is 0 Å². The average Bonchev–Trinajstić information content (AvgIpc) is 3.41. The van der Waals surface area contributed by atoms with Crippen LogP contribution in [0.1, 0.15) is 34.7 Å². The lowest BCUT2D eigenvalue weighted by Gasteiger charge is -2.19. The third-order valence-corrected chi connectivity index (χ3v) is 12.5. The van der Waals surface area contributed by atoms with Gasteiger partial charge < -0.3 is 10.6 Å². The molecule has 12 rings (SSSR count). The number of allylic oxidation sites excluding steroid dienone is 4. The van der Waals surface area contributed by atoms with Crippen LogP contribution in [0.25, 0.3) is 88.4 Å². The van der Waals surface area contributed by atoms with Crippen molar-refractivity contribution in [2.24, 2.45) is 0 Å². The summed E-state index contributed by atoms with van der Waals surface area (Å²) in [6, 6.07) is 50.6. The van der Waals surface area contributed by atoms with Gasteiger partial charge in [0.1, 0.15) is 0 Å². The molecule has 8 heterocycles. The standard InChI is InChI=1S/C58H40N8/c1-2-8-46-45(7-1)47-19-11-37(39-13-23-55(63-31-39)57-25-17-43(35-65-57)53-21-15-41(33-61-53)51-9-3-5-27-59-51)29-49(47)50-30-38(12-20-48(46)50)40-14-24-56(64-32-40)58-26-18-44(36-66-58)54-22-16-42(34-62-54)52-10-4-6-28-60-52/h1-36,55,58,63,66H. The molecule has 2 aliphatic heterocycles. The summed E-state index contributed by atoms with van der Waals surface area (Å²) in [7, 11) is 0. The van der Waals surface area contributed by atoms with Crippen molar-refractivity contribution >= 4 is 43.5 Å². The Hall–Kier alpha value is -8.88. The second kappa shape index (κ2) is 16.7. The van der Waals surface area contributed by atoms with Gasteiger partial charge in [-0.2, -0.15) is 0 Å². The number of nitrogens with zero attached hydrogens (tertiary/aromatic N) is 6. The summed E-state index contributed by atoms with van der Waals surface area (Å²) >= 11 is 0. The molecule has 10 aromatic rings. The normalized spacial score (nSPS) is 15.6. The number of benzene rings is 4. The van der Waals surface area contributed by atoms with E-state index >= 15 is 0 Å². The minimum Gasteiger partial charge on any atom is -0.379 e. The molecule has 0 bridgehead atoms. The molecule has 312 valence electrons. The Bertz CT molecular complexity index is 3550. The Labute approximate surface area is 381 Å². The summed E-state index contributed by atoms with van der Waals surface area (Å²) in [6.45, 7) is 0. The molecule has 8 heteroatoms. The highest BCUT2D eigenvalue weighted by atomic mass is 14.9. The lowest BCUT2D eigenvalue weighted by molar-refractivity contribution is 0.723. The number of rotatable bonds is 8. The topological polar surface area (TPSA) is 101 Å². The molecule has 0 fully saturated rings. The molecule has 0 spiro atoms. The summed E-state index contributed by atoms with van der Waals surface area (Å²) in [5.74, 6) is 0. The van der Waals surface area contributed by atoms with Crippen LogP contribution in [0.4, 0.5) is 0 Å². The molecule has 0 saturated carbocycles. The first-order chi connectivity index (χ1) is 32.7. The van der Waals surface area contributed by atoms with Crippen molar-refractivity contribution in [2.45, 2.75) is 12.1 Å². The SMILES string of the molecule is C1=CC(c2ccc(-c3ccc(-c4ccccn4)cn3)cn2)NC=C1c1ccc2c3ccccc3c3ccc(-c4ccc(C5C=CC(c6ccc(-c7ccccn7)cn6)=CN5)nc4)cc3c2c1. The Morgan fingerprint density at radius 2 is 0.773 bits per heavy atom. The molecule has 0 radical (unpaired) electrons. The van der Waals surface area contributed by atoms with E-state index in [-0.39, 0.29) is 12.1 Å². The predicted octanol–water partition coefficient (Wildman–Crippen LogP) is 12.7. The number of hydrogen-bond donors (Lipinski definition) is 2. The van der Waals surface area contributed by atoms with E-state index < -0.39 is 0 Å². The quantitative estimate of drug-likeness (QED) is 0.146. The van der Waals surface area contributed by atoms with Crippen LogP contribution < -0.4 is 10.6 Å². The zero-order valence-corrected chi connectivity index (χ0v) is 35.6. The molecule has 0 saturated heterocycles. The van der Waals surface area contributed by atoms with Crippen LogP contribution >= 0.6 is 0 Å². The molecule has 6 aromatic heterocycles. The summed E-state index contributed by atoms with van der Waals surface area (Å²) in [4.78, 5) is 28.1. The fraction of sp³-hybridized carbons (Fsp3) is 0.0345. The van der Waals surface area contributed by atoms with Gasteiger partial charge in [-0.25, -0.2) is 0 Å². The number of fused-ring (bicyclic) bond motifs is 6. The van der Waals surface area contributed by atoms with E-state index in [1.807, 2.05) is 79.5 Å². The minimum absolute atomic E-state index is 0.0456. The van der Waals surface area contributed by atoms with Crippen molar-refractivity contribution < 1.29 is 0 Å². The maximum Gasteiger partial charge on any atom is 0.0868 e. The molecule has 2 N–H and O–H groups in total. The fourth-order valence-corrected chi connectivity index (χ4v) is 8.99. The van der Waals surface area contributed by atoms with Crippen LogP contribution in [0, 0.1) is 0 Å². The van der Waals surface area contributed by atoms with Crippen LogP contribution in [0.2, 0.25) is 0 Å². The summed E-state index contributed by atoms with van der Waals surface area (Å²) in [5, 5.41) is 14.5. The summed E-state index contributed by atoms with van der Waals surface area (Å²) in [6.07, 6.45) is 24.0. The van der Waals surface area contributed by atoms with Crippen LogP contribution in [-0.4, -0.2) is 29.9 Å². The summed E-state index contributed by atoms with van der Waals surface area (Å²) < 4.78 is 0. The average molecular weight is 849 g/mol. The van der Waals surface area contributed by atoms with Crippen LogP contribution in [-0.2, 0) is 0 Å². The van der Waals surface area contributed by atoms with E-state index in [9.17, 15) is 0 Å². The fourth-order valence-electron chi connectivity index (χ4n) is 8.99. The molecule has 4 aromatic carbocycles. The van der Waals surface area contributed by atoms with Gasteiger partial charge in [0.25, 0.3) is 0 Å². The van der Waals surface area contributed by atoms with Gasteiger partial charge in [0.2, 0.25) is 0 Å². The Morgan fingerprint density at radius 3 is 1.27 bits per heavy atom. The molecular weight excluding hydrogens is 809 g/mol. The zero-order chi connectivity index (χ0) is 43.8. The molecule has 2 atom stereocenters. The lowest BCUT2D eigenvalue weighted by atomic mass is 9.90. The Balaban J connectivity index is 0.775. The summed E-state index contributed by atoms with van der Waals surface area (Å²) in [5.41, 5.74) is 13.9. The maximum atomic E-state index is 4.95. The molecule has 66 heavy (non-hydrogen) atoms. The van der Waals surface area contributed by atoms with Crippen molar-refractivity contribution in [3.8, 4) is 44.9 Å². The monoisotopic (exact) mass is 848 g/mol. The number of pyridine rings is 6. The molecule has 0 aliphatic carbocycles. The highest BCUT2D eigenvalue weighted by molar-refractivity contribution is 6.26. The van der Waals surface area contributed by atoms with E-state index in [1.165, 1.54) is 32.3 Å². The molecule has 2 aliphatic rings. The highest BCUT2D eigenvalue weighted by Crippen LogP contribution is 2.39. The van der Waals surface area contributed by atoms with E-state index in [2.05, 4.69) is 148 Å². The van der Waals surface area contributed by atoms with Crippen molar-refractivity contribution in [3.05, 3.63) is 242 Å². The van der Waals surface area contributed by atoms with E-state index in [0.29, 0.717) is 0 Å². The number of aromatic nitrogens is 6. The van der Waals surface area contributed by atoms with Crippen molar-refractivity contribution in [1.82, 2.24) is 40.5 Å². The van der Waals surface area contributed by atoms with E-state index in [0.717, 1.165) is 78.7 Å². The first-order valence-corrected chi connectivity index (χ1v) is 22.0. The second-order valence-corrected chi connectivity index (χ2v) is 16.5. The number of hydrogen-bond acceptors (Lipinski definition) is 8. The molecule has 0 amide bonds. The van der Waals surface area contributed by atoms with Gasteiger partial charge in [-0.3, -0.25) is 29.9 Å². The van der Waals surface area contributed by atoms with Crippen LogP contribution in [0.5, 0.6) is 0 Å². The number of nitrogens with one attached hydrogen (secondary N) is 2. The first-order valence-electron chi connectivity index (χ1n) is 22.0. The molecule has 8 nitrogen and oxygen atoms in total. The zero-order valence-electron chi connectivity index (χ0n) is 35.6.